The Labute approximate surface area is 161 Å². The van der Waals surface area contributed by atoms with Crippen molar-refractivity contribution in [3.63, 3.8) is 0 Å². The van der Waals surface area contributed by atoms with E-state index in [2.05, 4.69) is 44.5 Å². The second kappa shape index (κ2) is 7.11. The molecule has 2 aromatic heterocycles. The van der Waals surface area contributed by atoms with Gasteiger partial charge in [0, 0.05) is 29.0 Å². The zero-order chi connectivity index (χ0) is 18.9. The number of nitrogens with one attached hydrogen (secondary N) is 1. The van der Waals surface area contributed by atoms with Crippen LogP contribution in [0.25, 0.3) is 16.6 Å². The maximum atomic E-state index is 11.8. The minimum atomic E-state index is -0.499. The predicted molar refractivity (Wildman–Crippen MR) is 106 cm³/mol. The van der Waals surface area contributed by atoms with Crippen molar-refractivity contribution in [2.45, 2.75) is 39.8 Å². The largest absolute Gasteiger partial charge is 0.444 e. The van der Waals surface area contributed by atoms with E-state index in [0.717, 1.165) is 32.2 Å². The highest BCUT2D eigenvalue weighted by Gasteiger charge is 2.16. The molecule has 0 unspecified atom stereocenters. The Morgan fingerprint density at radius 3 is 2.73 bits per heavy atom. The summed E-state index contributed by atoms with van der Waals surface area (Å²) in [6.45, 7) is 8.03. The third-order valence-electron chi connectivity index (χ3n) is 3.95. The SMILES string of the molecule is Cc1cc(-c2ccnn3cc(Br)cc23)ccc1CNC(=O)OC(C)(C)C. The van der Waals surface area contributed by atoms with Gasteiger partial charge in [-0.25, -0.2) is 9.31 Å². The van der Waals surface area contributed by atoms with Gasteiger partial charge in [-0.1, -0.05) is 18.2 Å². The number of fused-ring (bicyclic) bond motifs is 1. The van der Waals surface area contributed by atoms with E-state index in [1.165, 1.54) is 0 Å². The molecule has 0 saturated heterocycles. The molecule has 0 aliphatic rings. The molecule has 0 radical (unpaired) electrons. The Hall–Kier alpha value is -2.34. The number of aryl methyl sites for hydroxylation is 1. The van der Waals surface area contributed by atoms with Gasteiger partial charge in [0.1, 0.15) is 5.60 Å². The van der Waals surface area contributed by atoms with E-state index in [1.807, 2.05) is 50.5 Å². The lowest BCUT2D eigenvalue weighted by Gasteiger charge is -2.20. The highest BCUT2D eigenvalue weighted by Crippen LogP contribution is 2.28. The van der Waals surface area contributed by atoms with Gasteiger partial charge in [-0.05, 0) is 72.4 Å². The van der Waals surface area contributed by atoms with Crippen LogP contribution in [0.5, 0.6) is 0 Å². The van der Waals surface area contributed by atoms with E-state index in [4.69, 9.17) is 4.74 Å². The summed E-state index contributed by atoms with van der Waals surface area (Å²) in [5.74, 6) is 0. The monoisotopic (exact) mass is 415 g/mol. The van der Waals surface area contributed by atoms with Gasteiger partial charge < -0.3 is 10.1 Å². The summed E-state index contributed by atoms with van der Waals surface area (Å²) >= 11 is 3.50. The average Bonchev–Trinajstić information content (AvgIpc) is 2.92. The van der Waals surface area contributed by atoms with Crippen LogP contribution in [0.3, 0.4) is 0 Å². The molecule has 0 bridgehead atoms. The Morgan fingerprint density at radius 1 is 1.27 bits per heavy atom. The highest BCUT2D eigenvalue weighted by molar-refractivity contribution is 9.10. The van der Waals surface area contributed by atoms with Crippen LogP contribution >= 0.6 is 15.9 Å². The van der Waals surface area contributed by atoms with E-state index in [1.54, 1.807) is 6.20 Å². The van der Waals surface area contributed by atoms with Crippen molar-refractivity contribution in [2.75, 3.05) is 0 Å². The fourth-order valence-electron chi connectivity index (χ4n) is 2.77. The minimum absolute atomic E-state index is 0.408. The number of halogens is 1. The summed E-state index contributed by atoms with van der Waals surface area (Å²) in [4.78, 5) is 11.8. The minimum Gasteiger partial charge on any atom is -0.444 e. The molecule has 0 fully saturated rings. The maximum absolute atomic E-state index is 11.8. The third kappa shape index (κ3) is 4.25. The summed E-state index contributed by atoms with van der Waals surface area (Å²) in [7, 11) is 0. The fourth-order valence-corrected chi connectivity index (χ4v) is 3.18. The van der Waals surface area contributed by atoms with Crippen molar-refractivity contribution in [1.29, 1.82) is 0 Å². The van der Waals surface area contributed by atoms with Gasteiger partial charge in [0.2, 0.25) is 0 Å². The molecule has 1 aromatic carbocycles. The quantitative estimate of drug-likeness (QED) is 0.647. The standard InChI is InChI=1S/C20H22BrN3O2/c1-13-9-14(17-7-8-23-24-12-16(21)10-18(17)24)5-6-15(13)11-22-19(25)26-20(2,3)4/h5-10,12H,11H2,1-4H3,(H,22,25). The van der Waals surface area contributed by atoms with Crippen molar-refractivity contribution >= 4 is 27.5 Å². The summed E-state index contributed by atoms with van der Waals surface area (Å²) in [5, 5.41) is 7.14. The molecule has 3 rings (SSSR count). The van der Waals surface area contributed by atoms with Crippen LogP contribution in [0.1, 0.15) is 31.9 Å². The molecule has 136 valence electrons. The molecule has 26 heavy (non-hydrogen) atoms. The van der Waals surface area contributed by atoms with E-state index >= 15 is 0 Å². The molecule has 0 aliphatic carbocycles. The van der Waals surface area contributed by atoms with Crippen LogP contribution in [0, 0.1) is 6.92 Å². The van der Waals surface area contributed by atoms with Crippen LogP contribution in [0.15, 0.2) is 47.2 Å². The van der Waals surface area contributed by atoms with Crippen molar-refractivity contribution < 1.29 is 9.53 Å². The molecule has 0 atom stereocenters. The lowest BCUT2D eigenvalue weighted by molar-refractivity contribution is 0.0523. The average molecular weight is 416 g/mol. The van der Waals surface area contributed by atoms with Gasteiger partial charge in [-0.15, -0.1) is 0 Å². The summed E-state index contributed by atoms with van der Waals surface area (Å²) in [5.41, 5.74) is 4.93. The molecule has 1 N–H and O–H groups in total. The summed E-state index contributed by atoms with van der Waals surface area (Å²) in [6.07, 6.45) is 3.32. The van der Waals surface area contributed by atoms with Crippen LogP contribution < -0.4 is 5.32 Å². The number of amides is 1. The van der Waals surface area contributed by atoms with E-state index in [-0.39, 0.29) is 0 Å². The number of carbonyl (C=O) groups excluding carboxylic acids is 1. The van der Waals surface area contributed by atoms with Gasteiger partial charge in [0.25, 0.3) is 0 Å². The number of hydrogen-bond donors (Lipinski definition) is 1. The Kier molecular flexibility index (Phi) is 5.05. The topological polar surface area (TPSA) is 55.6 Å². The van der Waals surface area contributed by atoms with Gasteiger partial charge >= 0.3 is 6.09 Å². The number of aromatic nitrogens is 2. The molecule has 0 spiro atoms. The van der Waals surface area contributed by atoms with E-state index < -0.39 is 11.7 Å². The number of nitrogens with zero attached hydrogens (tertiary/aromatic N) is 2. The Bertz CT molecular complexity index is 957. The van der Waals surface area contributed by atoms with Gasteiger partial charge in [-0.2, -0.15) is 5.10 Å². The normalized spacial score (nSPS) is 11.6. The van der Waals surface area contributed by atoms with Gasteiger partial charge in [-0.3, -0.25) is 0 Å². The molecule has 0 saturated carbocycles. The molecular formula is C20H22BrN3O2. The van der Waals surface area contributed by atoms with Crippen LogP contribution in [-0.4, -0.2) is 21.3 Å². The van der Waals surface area contributed by atoms with Crippen molar-refractivity contribution in [1.82, 2.24) is 14.9 Å². The van der Waals surface area contributed by atoms with Crippen LogP contribution in [0.4, 0.5) is 4.79 Å². The van der Waals surface area contributed by atoms with Crippen molar-refractivity contribution in [3.8, 4) is 11.1 Å². The zero-order valence-corrected chi connectivity index (χ0v) is 16.9. The molecule has 1 amide bonds. The van der Waals surface area contributed by atoms with Crippen molar-refractivity contribution in [2.24, 2.45) is 0 Å². The maximum Gasteiger partial charge on any atom is 0.407 e. The lowest BCUT2D eigenvalue weighted by Crippen LogP contribution is -2.32. The van der Waals surface area contributed by atoms with Gasteiger partial charge in [0.05, 0.1) is 5.52 Å². The molecule has 2 heterocycles. The molecular weight excluding hydrogens is 394 g/mol. The van der Waals surface area contributed by atoms with Gasteiger partial charge in [0.15, 0.2) is 0 Å². The lowest BCUT2D eigenvalue weighted by atomic mass is 10.00. The first-order valence-corrected chi connectivity index (χ1v) is 9.22. The second-order valence-electron chi connectivity index (χ2n) is 7.23. The molecule has 3 aromatic rings. The highest BCUT2D eigenvalue weighted by atomic mass is 79.9. The molecule has 5 nitrogen and oxygen atoms in total. The molecule has 0 aliphatic heterocycles. The fraction of sp³-hybridized carbons (Fsp3) is 0.300. The summed E-state index contributed by atoms with van der Waals surface area (Å²) in [6, 6.07) is 10.3. The number of alkyl carbamates (subject to hydrolysis) is 1. The first-order chi connectivity index (χ1) is 12.2. The summed E-state index contributed by atoms with van der Waals surface area (Å²) < 4.78 is 8.13. The zero-order valence-electron chi connectivity index (χ0n) is 15.3. The smallest absolute Gasteiger partial charge is 0.407 e. The third-order valence-corrected chi connectivity index (χ3v) is 4.38. The Morgan fingerprint density at radius 2 is 2.04 bits per heavy atom. The number of rotatable bonds is 3. The predicted octanol–water partition coefficient (Wildman–Crippen LogP) is 5.10. The first kappa shape index (κ1) is 18.5. The number of carbonyl (C=O) groups is 1. The number of benzene rings is 1. The van der Waals surface area contributed by atoms with Crippen LogP contribution in [0.2, 0.25) is 0 Å². The Balaban J connectivity index is 1.80. The number of hydrogen-bond acceptors (Lipinski definition) is 3. The van der Waals surface area contributed by atoms with E-state index in [9.17, 15) is 4.79 Å². The van der Waals surface area contributed by atoms with Crippen LogP contribution in [-0.2, 0) is 11.3 Å². The van der Waals surface area contributed by atoms with E-state index in [0.29, 0.717) is 6.54 Å². The molecule has 6 heteroatoms. The first-order valence-electron chi connectivity index (χ1n) is 8.42. The van der Waals surface area contributed by atoms with Crippen molar-refractivity contribution in [3.05, 3.63) is 58.3 Å². The number of ether oxygens (including phenoxy) is 1. The second-order valence-corrected chi connectivity index (χ2v) is 8.15.